The Balaban J connectivity index is 1.10. The maximum Gasteiger partial charge on any atom is 0.114 e. The molecule has 4 aromatic rings. The van der Waals surface area contributed by atoms with E-state index in [0.717, 1.165) is 23.9 Å². The van der Waals surface area contributed by atoms with Crippen LogP contribution in [0.3, 0.4) is 0 Å². The van der Waals surface area contributed by atoms with Crippen molar-refractivity contribution >= 4 is 77.3 Å². The van der Waals surface area contributed by atoms with E-state index < -0.39 is 0 Å². The fourth-order valence-corrected chi connectivity index (χ4v) is 13.3. The molecule has 0 spiro atoms. The van der Waals surface area contributed by atoms with E-state index in [1.807, 2.05) is 22.7 Å². The molecule has 7 heteroatoms. The highest BCUT2D eigenvalue weighted by Crippen LogP contribution is 2.44. The summed E-state index contributed by atoms with van der Waals surface area (Å²) in [6, 6.07) is 9.40. The van der Waals surface area contributed by atoms with Crippen LogP contribution in [0.4, 0.5) is 0 Å². The second kappa shape index (κ2) is 34.7. The van der Waals surface area contributed by atoms with E-state index in [1.165, 1.54) is 282 Å². The molecule has 0 aliphatic heterocycles. The molecule has 2 nitrogen and oxygen atoms in total. The molecule has 4 rings (SSSR count). The van der Waals surface area contributed by atoms with Gasteiger partial charge in [0, 0.05) is 20.9 Å². The van der Waals surface area contributed by atoms with Crippen LogP contribution in [0.15, 0.2) is 31.8 Å². The Bertz CT molecular complexity index is 1540. The van der Waals surface area contributed by atoms with Crippen molar-refractivity contribution in [3.63, 3.8) is 0 Å². The van der Waals surface area contributed by atoms with Crippen LogP contribution in [-0.4, -0.2) is 8.75 Å². The number of rotatable bonds is 40. The number of nitrogens with zero attached hydrogens (tertiary/aromatic N) is 2. The summed E-state index contributed by atoms with van der Waals surface area (Å²) in [6.45, 7) is 4.61. The first kappa shape index (κ1) is 53.0. The molecule has 0 saturated carbocycles. The van der Waals surface area contributed by atoms with Gasteiger partial charge in [-0.2, -0.15) is 8.75 Å². The minimum atomic E-state index is 1.07. The van der Waals surface area contributed by atoms with Crippen LogP contribution in [0.1, 0.15) is 256 Å². The molecule has 344 valence electrons. The lowest BCUT2D eigenvalue weighted by atomic mass is 9.98. The largest absolute Gasteiger partial charge is 0.172 e. The van der Waals surface area contributed by atoms with E-state index in [0.29, 0.717) is 0 Å². The number of aryl methyl sites for hydroxylation is 2. The zero-order valence-electron chi connectivity index (χ0n) is 39.1. The Labute approximate surface area is 404 Å². The molecule has 0 N–H and O–H groups in total. The lowest BCUT2D eigenvalue weighted by molar-refractivity contribution is 0.525. The lowest BCUT2D eigenvalue weighted by Gasteiger charge is -2.09. The van der Waals surface area contributed by atoms with Gasteiger partial charge in [0.1, 0.15) is 11.0 Å². The molecule has 0 unspecified atom stereocenters. The Hall–Kier alpha value is -0.600. The SMILES string of the molecule is CCCCCCCCCCCCCCCCCCCCc1cc(Br)sc1-c1ccc(-c2sc(Br)cc2CCCCCCCCCCCCCCCCCCCC)c2nsnc12. The fraction of sp³-hybridized carbons (Fsp3) is 0.741. The average Bonchev–Trinajstić information content (AvgIpc) is 4.00. The Morgan fingerprint density at radius 2 is 0.607 bits per heavy atom. The summed E-state index contributed by atoms with van der Waals surface area (Å²) < 4.78 is 12.3. The van der Waals surface area contributed by atoms with Gasteiger partial charge in [0.05, 0.1) is 19.3 Å². The quantitative estimate of drug-likeness (QED) is 0.0415. The second-order valence-electron chi connectivity index (χ2n) is 18.5. The summed E-state index contributed by atoms with van der Waals surface area (Å²) >= 11 is 12.8. The maximum atomic E-state index is 4.92. The zero-order valence-corrected chi connectivity index (χ0v) is 44.7. The zero-order chi connectivity index (χ0) is 43.0. The smallest absolute Gasteiger partial charge is 0.114 e. The molecule has 0 radical (unpaired) electrons. The van der Waals surface area contributed by atoms with E-state index in [-0.39, 0.29) is 0 Å². The highest BCUT2D eigenvalue weighted by atomic mass is 79.9. The fourth-order valence-electron chi connectivity index (χ4n) is 9.28. The molecule has 61 heavy (non-hydrogen) atoms. The summed E-state index contributed by atoms with van der Waals surface area (Å²) in [6.07, 6.45) is 53.3. The normalized spacial score (nSPS) is 11.8. The van der Waals surface area contributed by atoms with Crippen LogP contribution in [0.5, 0.6) is 0 Å². The van der Waals surface area contributed by atoms with Gasteiger partial charge in [-0.25, -0.2) is 0 Å². The standard InChI is InChI=1S/C54H86Br2N2S3/c1-3-5-7-9-11-13-15-17-19-21-23-25-27-29-31-33-35-37-39-45-43-49(55)59-53(45)47-41-42-48(52-51(47)57-61-58-52)54-46(44-50(56)60-54)40-38-36-34-32-30-28-26-24-22-20-18-16-14-12-10-8-6-4-2/h41-44H,3-40H2,1-2H3. The molecule has 0 fully saturated rings. The number of fused-ring (bicyclic) bond motifs is 1. The van der Waals surface area contributed by atoms with E-state index in [9.17, 15) is 0 Å². The van der Waals surface area contributed by atoms with Gasteiger partial charge in [0.25, 0.3) is 0 Å². The monoisotopic (exact) mass is 1020 g/mol. The molecule has 1 aromatic carbocycles. The van der Waals surface area contributed by atoms with Crippen molar-refractivity contribution in [3.05, 3.63) is 43.0 Å². The Kier molecular flexibility index (Phi) is 30.2. The topological polar surface area (TPSA) is 25.8 Å². The molecule has 0 saturated heterocycles. The van der Waals surface area contributed by atoms with E-state index >= 15 is 0 Å². The number of thiophene rings is 2. The predicted octanol–water partition coefficient (Wildman–Crippen LogP) is 21.8. The third-order valence-corrected chi connectivity index (χ3v) is 17.0. The molecule has 0 amide bonds. The van der Waals surface area contributed by atoms with Gasteiger partial charge in [-0.05, 0) is 80.8 Å². The van der Waals surface area contributed by atoms with Crippen LogP contribution in [0.25, 0.3) is 31.9 Å². The average molecular weight is 1020 g/mol. The molecular weight excluding hydrogens is 933 g/mol. The van der Waals surface area contributed by atoms with Crippen molar-refractivity contribution in [1.82, 2.24) is 8.75 Å². The van der Waals surface area contributed by atoms with Crippen molar-refractivity contribution in [2.24, 2.45) is 0 Å². The molecule has 0 atom stereocenters. The van der Waals surface area contributed by atoms with Crippen molar-refractivity contribution in [3.8, 4) is 20.9 Å². The lowest BCUT2D eigenvalue weighted by Crippen LogP contribution is -1.91. The molecule has 0 aliphatic carbocycles. The van der Waals surface area contributed by atoms with Gasteiger partial charge in [0.15, 0.2) is 0 Å². The number of unbranched alkanes of at least 4 members (excludes halogenated alkanes) is 34. The van der Waals surface area contributed by atoms with Crippen molar-refractivity contribution in [2.75, 3.05) is 0 Å². The maximum absolute atomic E-state index is 4.92. The van der Waals surface area contributed by atoms with Crippen molar-refractivity contribution < 1.29 is 0 Å². The first-order valence-electron chi connectivity index (χ1n) is 25.9. The number of benzene rings is 1. The summed E-state index contributed by atoms with van der Waals surface area (Å²) in [5.41, 5.74) is 7.56. The van der Waals surface area contributed by atoms with Gasteiger partial charge in [-0.1, -0.05) is 244 Å². The first-order chi connectivity index (χ1) is 30.1. The highest BCUT2D eigenvalue weighted by Gasteiger charge is 2.20. The summed E-state index contributed by atoms with van der Waals surface area (Å²) in [5, 5.41) is 0. The molecule has 3 heterocycles. The molecule has 3 aromatic heterocycles. The number of aromatic nitrogens is 2. The second-order valence-corrected chi connectivity index (χ2v) is 23.8. The third kappa shape index (κ3) is 22.0. The van der Waals surface area contributed by atoms with Crippen molar-refractivity contribution in [2.45, 2.75) is 258 Å². The van der Waals surface area contributed by atoms with E-state index in [1.54, 1.807) is 0 Å². The van der Waals surface area contributed by atoms with Gasteiger partial charge >= 0.3 is 0 Å². The van der Waals surface area contributed by atoms with Gasteiger partial charge in [-0.15, -0.1) is 22.7 Å². The van der Waals surface area contributed by atoms with Gasteiger partial charge in [-0.3, -0.25) is 0 Å². The van der Waals surface area contributed by atoms with Gasteiger partial charge in [0.2, 0.25) is 0 Å². The van der Waals surface area contributed by atoms with Gasteiger partial charge < -0.3 is 0 Å². The molecular formula is C54H86Br2N2S3. The summed E-state index contributed by atoms with van der Waals surface area (Å²) in [4.78, 5) is 2.74. The third-order valence-electron chi connectivity index (χ3n) is 13.1. The molecule has 0 aliphatic rings. The predicted molar refractivity (Wildman–Crippen MR) is 284 cm³/mol. The number of hydrogen-bond donors (Lipinski definition) is 0. The first-order valence-corrected chi connectivity index (χ1v) is 29.9. The Morgan fingerprint density at radius 1 is 0.361 bits per heavy atom. The van der Waals surface area contributed by atoms with Crippen LogP contribution in [0, 0.1) is 0 Å². The number of halogens is 2. The van der Waals surface area contributed by atoms with E-state index in [4.69, 9.17) is 8.75 Å². The summed E-state index contributed by atoms with van der Waals surface area (Å²) in [5.74, 6) is 0. The van der Waals surface area contributed by atoms with Crippen molar-refractivity contribution in [1.29, 1.82) is 0 Å². The molecule has 0 bridgehead atoms. The van der Waals surface area contributed by atoms with Crippen LogP contribution in [-0.2, 0) is 12.8 Å². The summed E-state index contributed by atoms with van der Waals surface area (Å²) in [7, 11) is 0. The van der Waals surface area contributed by atoms with Crippen LogP contribution < -0.4 is 0 Å². The minimum absolute atomic E-state index is 1.07. The Morgan fingerprint density at radius 3 is 0.869 bits per heavy atom. The van der Waals surface area contributed by atoms with Crippen LogP contribution >= 0.6 is 66.3 Å². The minimum Gasteiger partial charge on any atom is -0.172 e. The van der Waals surface area contributed by atoms with Crippen LogP contribution in [0.2, 0.25) is 0 Å². The number of hydrogen-bond acceptors (Lipinski definition) is 5. The highest BCUT2D eigenvalue weighted by molar-refractivity contribution is 9.11. The van der Waals surface area contributed by atoms with E-state index in [2.05, 4.69) is 70.0 Å².